The lowest BCUT2D eigenvalue weighted by atomic mass is 9.75. The van der Waals surface area contributed by atoms with Gasteiger partial charge < -0.3 is 19.7 Å². The van der Waals surface area contributed by atoms with E-state index < -0.39 is 5.66 Å². The van der Waals surface area contributed by atoms with Crippen molar-refractivity contribution in [1.82, 2.24) is 5.32 Å². The molecule has 0 aromatic heterocycles. The van der Waals surface area contributed by atoms with Gasteiger partial charge in [-0.05, 0) is 48.4 Å². The molecule has 1 atom stereocenters. The summed E-state index contributed by atoms with van der Waals surface area (Å²) < 4.78 is 11.9. The first kappa shape index (κ1) is 23.3. The molecule has 35 heavy (non-hydrogen) atoms. The quantitative estimate of drug-likeness (QED) is 0.446. The Kier molecular flexibility index (Phi) is 5.97. The van der Waals surface area contributed by atoms with E-state index in [0.29, 0.717) is 36.3 Å². The summed E-state index contributed by atoms with van der Waals surface area (Å²) in [6.45, 7) is 7.52. The molecule has 180 valence electrons. The van der Waals surface area contributed by atoms with E-state index >= 15 is 0 Å². The Hall–Kier alpha value is -3.44. The van der Waals surface area contributed by atoms with Gasteiger partial charge in [-0.3, -0.25) is 4.79 Å². The predicted octanol–water partition coefficient (Wildman–Crippen LogP) is 5.95. The van der Waals surface area contributed by atoms with Crippen molar-refractivity contribution in [2.75, 3.05) is 18.1 Å². The average Bonchev–Trinajstić information content (AvgIpc) is 3.28. The molecule has 0 saturated carbocycles. The van der Waals surface area contributed by atoms with Crippen LogP contribution in [0.15, 0.2) is 72.8 Å². The fraction of sp³-hybridized carbons (Fsp3) is 0.276. The number of nitrogens with one attached hydrogen (secondary N) is 1. The number of amides is 1. The van der Waals surface area contributed by atoms with Gasteiger partial charge in [0.15, 0.2) is 11.5 Å². The van der Waals surface area contributed by atoms with Crippen LogP contribution >= 0.6 is 11.6 Å². The van der Waals surface area contributed by atoms with E-state index in [9.17, 15) is 4.79 Å². The highest BCUT2D eigenvalue weighted by Crippen LogP contribution is 2.52. The summed E-state index contributed by atoms with van der Waals surface area (Å²) in [6, 6.07) is 21.8. The summed E-state index contributed by atoms with van der Waals surface area (Å²) in [5.74, 6) is 1.35. The summed E-state index contributed by atoms with van der Waals surface area (Å²) in [5.41, 5.74) is 3.24. The van der Waals surface area contributed by atoms with Gasteiger partial charge in [0.1, 0.15) is 12.3 Å². The Morgan fingerprint density at radius 3 is 2.60 bits per heavy atom. The molecule has 1 unspecified atom stereocenters. The number of rotatable bonds is 7. The van der Waals surface area contributed by atoms with E-state index in [0.717, 1.165) is 16.8 Å². The predicted molar refractivity (Wildman–Crippen MR) is 140 cm³/mol. The molecule has 3 aromatic carbocycles. The summed E-state index contributed by atoms with van der Waals surface area (Å²) in [5, 5.41) is 3.94. The Labute approximate surface area is 211 Å². The minimum atomic E-state index is -0.640. The van der Waals surface area contributed by atoms with Crippen molar-refractivity contribution in [1.29, 1.82) is 0 Å². The Morgan fingerprint density at radius 1 is 1.03 bits per heavy atom. The van der Waals surface area contributed by atoms with Gasteiger partial charge in [0.05, 0.1) is 13.2 Å². The van der Waals surface area contributed by atoms with E-state index in [4.69, 9.17) is 21.1 Å². The van der Waals surface area contributed by atoms with Crippen molar-refractivity contribution >= 4 is 29.3 Å². The smallest absolute Gasteiger partial charge is 0.241 e. The fourth-order valence-electron chi connectivity index (χ4n) is 5.14. The van der Waals surface area contributed by atoms with Crippen molar-refractivity contribution in [2.45, 2.75) is 38.5 Å². The second-order valence-electron chi connectivity index (χ2n) is 9.40. The molecule has 1 fully saturated rings. The molecule has 0 aliphatic carbocycles. The monoisotopic (exact) mass is 488 g/mol. The normalized spacial score (nSPS) is 20.0. The second-order valence-corrected chi connectivity index (χ2v) is 9.80. The molecule has 5 rings (SSSR count). The molecule has 1 N–H and O–H groups in total. The van der Waals surface area contributed by atoms with Crippen LogP contribution in [-0.2, 0) is 16.8 Å². The van der Waals surface area contributed by atoms with E-state index in [2.05, 4.69) is 48.3 Å². The highest BCUT2D eigenvalue weighted by molar-refractivity contribution is 6.31. The number of halogens is 1. The second kappa shape index (κ2) is 8.97. The van der Waals surface area contributed by atoms with Gasteiger partial charge in [0.2, 0.25) is 5.91 Å². The van der Waals surface area contributed by atoms with Gasteiger partial charge in [-0.2, -0.15) is 0 Å². The topological polar surface area (TPSA) is 50.8 Å². The fourth-order valence-corrected chi connectivity index (χ4v) is 5.33. The van der Waals surface area contributed by atoms with Crippen molar-refractivity contribution < 1.29 is 14.3 Å². The number of anilines is 1. The molecule has 2 aliphatic heterocycles. The third-order valence-corrected chi connectivity index (χ3v) is 7.37. The molecular weight excluding hydrogens is 460 g/mol. The van der Waals surface area contributed by atoms with E-state index in [1.54, 1.807) is 0 Å². The largest absolute Gasteiger partial charge is 0.490 e. The number of para-hydroxylation sites is 1. The SMILES string of the molecule is CCOc1cc(/C=C/C23NC(=O)CN2c2ccccc2C3(C)C)ccc1OCc1ccccc1Cl. The number of hydrogen-bond donors (Lipinski definition) is 1. The van der Waals surface area contributed by atoms with E-state index in [1.165, 1.54) is 5.56 Å². The van der Waals surface area contributed by atoms with Crippen LogP contribution in [0.25, 0.3) is 6.08 Å². The third kappa shape index (κ3) is 3.94. The zero-order chi connectivity index (χ0) is 24.6. The first-order valence-corrected chi connectivity index (χ1v) is 12.2. The summed E-state index contributed by atoms with van der Waals surface area (Å²) in [4.78, 5) is 14.7. The average molecular weight is 489 g/mol. The number of benzene rings is 3. The number of ether oxygens (including phenoxy) is 2. The minimum Gasteiger partial charge on any atom is -0.490 e. The number of fused-ring (bicyclic) bond motifs is 3. The maximum Gasteiger partial charge on any atom is 0.241 e. The first-order chi connectivity index (χ1) is 16.9. The van der Waals surface area contributed by atoms with Gasteiger partial charge in [-0.25, -0.2) is 0 Å². The third-order valence-electron chi connectivity index (χ3n) is 7.00. The maximum atomic E-state index is 12.5. The molecule has 0 bridgehead atoms. The van der Waals surface area contributed by atoms with Crippen LogP contribution < -0.4 is 19.7 Å². The zero-order valence-corrected chi connectivity index (χ0v) is 20.9. The summed E-state index contributed by atoms with van der Waals surface area (Å²) in [6.07, 6.45) is 4.15. The van der Waals surface area contributed by atoms with Crippen molar-refractivity contribution in [2.24, 2.45) is 0 Å². The van der Waals surface area contributed by atoms with Gasteiger partial charge in [-0.1, -0.05) is 74.0 Å². The lowest BCUT2D eigenvalue weighted by Gasteiger charge is -2.40. The molecule has 3 aromatic rings. The van der Waals surface area contributed by atoms with Crippen molar-refractivity contribution in [3.63, 3.8) is 0 Å². The summed E-state index contributed by atoms with van der Waals surface area (Å²) in [7, 11) is 0. The van der Waals surface area contributed by atoms with Crippen LogP contribution in [0.3, 0.4) is 0 Å². The minimum absolute atomic E-state index is 0.0237. The molecule has 1 amide bonds. The van der Waals surface area contributed by atoms with Crippen LogP contribution in [0.2, 0.25) is 5.02 Å². The van der Waals surface area contributed by atoms with Gasteiger partial charge in [0.25, 0.3) is 0 Å². The molecule has 0 radical (unpaired) electrons. The Bertz CT molecular complexity index is 1300. The van der Waals surface area contributed by atoms with Crippen LogP contribution in [0.5, 0.6) is 11.5 Å². The first-order valence-electron chi connectivity index (χ1n) is 11.9. The Balaban J connectivity index is 1.44. The van der Waals surface area contributed by atoms with Crippen LogP contribution in [0.1, 0.15) is 37.5 Å². The lowest BCUT2D eigenvalue weighted by Crippen LogP contribution is -2.58. The van der Waals surface area contributed by atoms with Crippen molar-refractivity contribution in [3.05, 3.63) is 94.5 Å². The van der Waals surface area contributed by atoms with Gasteiger partial charge in [-0.15, -0.1) is 0 Å². The van der Waals surface area contributed by atoms with E-state index in [1.807, 2.05) is 61.5 Å². The molecule has 2 aliphatic rings. The molecule has 5 nitrogen and oxygen atoms in total. The highest BCUT2D eigenvalue weighted by Gasteiger charge is 2.59. The number of carbonyl (C=O) groups excluding carboxylic acids is 1. The number of hydrogen-bond acceptors (Lipinski definition) is 4. The van der Waals surface area contributed by atoms with Crippen molar-refractivity contribution in [3.8, 4) is 11.5 Å². The molecule has 0 spiro atoms. The zero-order valence-electron chi connectivity index (χ0n) is 20.2. The van der Waals surface area contributed by atoms with Crippen LogP contribution in [0.4, 0.5) is 5.69 Å². The lowest BCUT2D eigenvalue weighted by molar-refractivity contribution is -0.118. The number of carbonyl (C=O) groups is 1. The highest BCUT2D eigenvalue weighted by atomic mass is 35.5. The Morgan fingerprint density at radius 2 is 1.80 bits per heavy atom. The van der Waals surface area contributed by atoms with Gasteiger partial charge >= 0.3 is 0 Å². The number of nitrogens with zero attached hydrogens (tertiary/aromatic N) is 1. The van der Waals surface area contributed by atoms with Crippen LogP contribution in [0, 0.1) is 0 Å². The molecule has 1 saturated heterocycles. The van der Waals surface area contributed by atoms with Gasteiger partial charge in [0, 0.05) is 21.7 Å². The standard InChI is InChI=1S/C29H29ClN2O3/c1-4-34-26-17-20(13-14-25(26)35-19-21-9-5-7-11-23(21)30)15-16-29-28(2,3)22-10-6-8-12-24(22)32(29)18-27(33)31-29/h5-17H,4,18-19H2,1-3H3,(H,31,33)/b16-15+. The van der Waals surface area contributed by atoms with Crippen LogP contribution in [-0.4, -0.2) is 24.7 Å². The molecule has 6 heteroatoms. The van der Waals surface area contributed by atoms with E-state index in [-0.39, 0.29) is 11.3 Å². The molecular formula is C29H29ClN2O3. The molecule has 2 heterocycles. The summed E-state index contributed by atoms with van der Waals surface area (Å²) >= 11 is 6.28. The maximum absolute atomic E-state index is 12.5.